The van der Waals surface area contributed by atoms with Gasteiger partial charge in [-0.15, -0.1) is 0 Å². The highest BCUT2D eigenvalue weighted by Gasteiger charge is 2.24. The number of rotatable bonds is 4. The minimum atomic E-state index is -0.866. The number of imidazole rings is 1. The van der Waals surface area contributed by atoms with Gasteiger partial charge in [0.2, 0.25) is 0 Å². The molecule has 0 atom stereocenters. The monoisotopic (exact) mass is 374 g/mol. The Bertz CT molecular complexity index is 1020. The molecule has 0 aliphatic heterocycles. The summed E-state index contributed by atoms with van der Waals surface area (Å²) in [5.41, 5.74) is 3.77. The normalized spacial score (nSPS) is 11.1. The summed E-state index contributed by atoms with van der Waals surface area (Å²) in [6.07, 6.45) is 0. The molecule has 0 saturated heterocycles. The number of aromatic nitrogens is 2. The summed E-state index contributed by atoms with van der Waals surface area (Å²) in [6.45, 7) is 4.05. The minimum absolute atomic E-state index is 0.243. The van der Waals surface area contributed by atoms with Crippen LogP contribution < -0.4 is 16.2 Å². The molecule has 2 nitrogen and oxygen atoms in total. The maximum atomic E-state index is 13.9. The fourth-order valence-electron chi connectivity index (χ4n) is 3.20. The molecule has 4 rings (SSSR count). The zero-order chi connectivity index (χ0) is 18.8. The molecule has 134 valence electrons. The smallest absolute Gasteiger partial charge is 0.145 e. The number of benzene rings is 3. The van der Waals surface area contributed by atoms with Crippen molar-refractivity contribution in [1.29, 1.82) is 0 Å². The lowest BCUT2D eigenvalue weighted by Crippen LogP contribution is -2.27. The minimum Gasteiger partial charge on any atom is -0.296 e. The fraction of sp³-hybridized carbons (Fsp3) is 0.0870. The maximum absolute atomic E-state index is 13.9. The van der Waals surface area contributed by atoms with E-state index in [4.69, 9.17) is 4.98 Å². The highest BCUT2D eigenvalue weighted by atomic mass is 31.1. The van der Waals surface area contributed by atoms with Crippen LogP contribution in [0, 0.1) is 19.7 Å². The first-order valence-corrected chi connectivity index (χ1v) is 10.2. The Balaban J connectivity index is 1.98. The van der Waals surface area contributed by atoms with Crippen LogP contribution in [0.4, 0.5) is 4.39 Å². The third kappa shape index (κ3) is 3.43. The van der Waals surface area contributed by atoms with E-state index in [0.717, 1.165) is 22.6 Å². The molecule has 4 heteroatoms. The Hall–Kier alpha value is -2.77. The van der Waals surface area contributed by atoms with Gasteiger partial charge in [-0.05, 0) is 42.7 Å². The summed E-state index contributed by atoms with van der Waals surface area (Å²) >= 11 is 0. The SMILES string of the molecule is Cc1nc(P(c2ccccc2)c2ccccc2)n(-c2cccc(F)c2)c1C. The molecule has 0 amide bonds. The first-order chi connectivity index (χ1) is 13.1. The molecule has 27 heavy (non-hydrogen) atoms. The van der Waals surface area contributed by atoms with Crippen molar-refractivity contribution in [2.24, 2.45) is 0 Å². The number of halogens is 1. The molecular weight excluding hydrogens is 354 g/mol. The zero-order valence-corrected chi connectivity index (χ0v) is 16.2. The Labute approximate surface area is 160 Å². The topological polar surface area (TPSA) is 17.8 Å². The van der Waals surface area contributed by atoms with E-state index >= 15 is 0 Å². The average Bonchev–Trinajstić information content (AvgIpc) is 2.98. The summed E-state index contributed by atoms with van der Waals surface area (Å²) in [7, 11) is -0.866. The fourth-order valence-corrected chi connectivity index (χ4v) is 5.62. The van der Waals surface area contributed by atoms with Crippen molar-refractivity contribution in [3.63, 3.8) is 0 Å². The van der Waals surface area contributed by atoms with Gasteiger partial charge in [-0.2, -0.15) is 0 Å². The summed E-state index contributed by atoms with van der Waals surface area (Å²) in [5, 5.41) is 2.45. The van der Waals surface area contributed by atoms with Crippen molar-refractivity contribution in [3.8, 4) is 5.69 Å². The van der Waals surface area contributed by atoms with Crippen molar-refractivity contribution < 1.29 is 4.39 Å². The molecule has 1 heterocycles. The number of aryl methyl sites for hydroxylation is 1. The van der Waals surface area contributed by atoms with Crippen molar-refractivity contribution in [2.45, 2.75) is 13.8 Å². The lowest BCUT2D eigenvalue weighted by molar-refractivity contribution is 0.626. The Morgan fingerprint density at radius 1 is 0.778 bits per heavy atom. The quantitative estimate of drug-likeness (QED) is 0.485. The molecule has 0 aliphatic rings. The van der Waals surface area contributed by atoms with Crippen LogP contribution in [-0.4, -0.2) is 9.55 Å². The molecule has 0 radical (unpaired) electrons. The van der Waals surface area contributed by atoms with Crippen LogP contribution in [0.1, 0.15) is 11.4 Å². The van der Waals surface area contributed by atoms with E-state index in [0.29, 0.717) is 0 Å². The van der Waals surface area contributed by atoms with Gasteiger partial charge < -0.3 is 0 Å². The van der Waals surface area contributed by atoms with Crippen LogP contribution in [0.2, 0.25) is 0 Å². The summed E-state index contributed by atoms with van der Waals surface area (Å²) in [5.74, 6) is -0.243. The van der Waals surface area contributed by atoms with Crippen LogP contribution in [0.25, 0.3) is 5.69 Å². The first-order valence-electron chi connectivity index (χ1n) is 8.87. The van der Waals surface area contributed by atoms with E-state index < -0.39 is 7.92 Å². The van der Waals surface area contributed by atoms with Gasteiger partial charge in [0.15, 0.2) is 0 Å². The van der Waals surface area contributed by atoms with Gasteiger partial charge in [0, 0.05) is 13.6 Å². The summed E-state index contributed by atoms with van der Waals surface area (Å²) in [4.78, 5) is 4.94. The van der Waals surface area contributed by atoms with Crippen LogP contribution >= 0.6 is 7.92 Å². The molecular formula is C23H20FN2P. The Morgan fingerprint density at radius 2 is 1.37 bits per heavy atom. The van der Waals surface area contributed by atoms with Gasteiger partial charge in [-0.1, -0.05) is 66.7 Å². The lowest BCUT2D eigenvalue weighted by atomic mass is 10.3. The van der Waals surface area contributed by atoms with Crippen molar-refractivity contribution >= 4 is 24.1 Å². The van der Waals surface area contributed by atoms with Crippen LogP contribution in [0.3, 0.4) is 0 Å². The molecule has 0 spiro atoms. The molecule has 0 aliphatic carbocycles. The maximum Gasteiger partial charge on any atom is 0.145 e. The number of hydrogen-bond donors (Lipinski definition) is 0. The van der Waals surface area contributed by atoms with Gasteiger partial charge in [0.05, 0.1) is 11.4 Å². The predicted octanol–water partition coefficient (Wildman–Crippen LogP) is 4.39. The van der Waals surface area contributed by atoms with Gasteiger partial charge in [-0.25, -0.2) is 9.37 Å². The molecule has 0 fully saturated rings. The zero-order valence-electron chi connectivity index (χ0n) is 15.3. The molecule has 0 N–H and O–H groups in total. The molecule has 0 bridgehead atoms. The van der Waals surface area contributed by atoms with E-state index in [9.17, 15) is 4.39 Å². The van der Waals surface area contributed by atoms with E-state index in [-0.39, 0.29) is 5.82 Å². The van der Waals surface area contributed by atoms with E-state index in [1.807, 2.05) is 32.0 Å². The molecule has 4 aromatic rings. The van der Waals surface area contributed by atoms with E-state index in [1.165, 1.54) is 16.7 Å². The molecule has 1 aromatic heterocycles. The van der Waals surface area contributed by atoms with Gasteiger partial charge in [0.25, 0.3) is 0 Å². The van der Waals surface area contributed by atoms with Gasteiger partial charge in [-0.3, -0.25) is 4.57 Å². The third-order valence-electron chi connectivity index (χ3n) is 4.62. The summed E-state index contributed by atoms with van der Waals surface area (Å²) in [6, 6.07) is 27.6. The van der Waals surface area contributed by atoms with Crippen molar-refractivity contribution in [2.75, 3.05) is 0 Å². The second-order valence-corrected chi connectivity index (χ2v) is 8.51. The Morgan fingerprint density at radius 3 is 1.93 bits per heavy atom. The summed E-state index contributed by atoms with van der Waals surface area (Å²) < 4.78 is 16.0. The number of nitrogens with zero attached hydrogens (tertiary/aromatic N) is 2. The van der Waals surface area contributed by atoms with Crippen LogP contribution in [0.5, 0.6) is 0 Å². The number of hydrogen-bond acceptors (Lipinski definition) is 1. The Kier molecular flexibility index (Phi) is 4.87. The molecule has 3 aromatic carbocycles. The van der Waals surface area contributed by atoms with Gasteiger partial charge in [0.1, 0.15) is 11.4 Å². The van der Waals surface area contributed by atoms with Crippen molar-refractivity contribution in [3.05, 3.63) is 102 Å². The molecule has 0 unspecified atom stereocenters. The standard InChI is InChI=1S/C23H20FN2P/c1-17-18(2)26(20-11-9-10-19(24)16-20)23(25-17)27(21-12-5-3-6-13-21)22-14-7-4-8-15-22/h3-16H,1-2H3. The third-order valence-corrected chi connectivity index (χ3v) is 6.95. The predicted molar refractivity (Wildman–Crippen MR) is 112 cm³/mol. The van der Waals surface area contributed by atoms with Gasteiger partial charge >= 0.3 is 0 Å². The van der Waals surface area contributed by atoms with Crippen LogP contribution in [-0.2, 0) is 0 Å². The average molecular weight is 374 g/mol. The second-order valence-electron chi connectivity index (χ2n) is 6.40. The van der Waals surface area contributed by atoms with E-state index in [1.54, 1.807) is 12.1 Å². The molecule has 0 saturated carbocycles. The largest absolute Gasteiger partial charge is 0.296 e. The second kappa shape index (κ2) is 7.46. The highest BCUT2D eigenvalue weighted by molar-refractivity contribution is 7.79. The van der Waals surface area contributed by atoms with Crippen LogP contribution in [0.15, 0.2) is 84.9 Å². The lowest BCUT2D eigenvalue weighted by Gasteiger charge is -2.20. The van der Waals surface area contributed by atoms with E-state index in [2.05, 4.69) is 53.1 Å². The highest BCUT2D eigenvalue weighted by Crippen LogP contribution is 2.34. The first kappa shape index (κ1) is 17.6. The van der Waals surface area contributed by atoms with Crippen molar-refractivity contribution in [1.82, 2.24) is 9.55 Å².